The van der Waals surface area contributed by atoms with E-state index in [0.29, 0.717) is 11.5 Å². The largest absolute Gasteiger partial charge is 0.505 e. The first-order valence-electron chi connectivity index (χ1n) is 5.92. The molecule has 0 fully saturated rings. The van der Waals surface area contributed by atoms with Crippen LogP contribution in [0.2, 0.25) is 10.0 Å². The number of nitrogens with one attached hydrogen (secondary N) is 2. The highest BCUT2D eigenvalue weighted by atomic mass is 35.5. The summed E-state index contributed by atoms with van der Waals surface area (Å²) in [6, 6.07) is 2.78. The molecule has 0 unspecified atom stereocenters. The number of rotatable bonds is 4. The zero-order valence-corrected chi connectivity index (χ0v) is 12.1. The number of aryl methyl sites for hydroxylation is 1. The van der Waals surface area contributed by atoms with Gasteiger partial charge in [0, 0.05) is 12.1 Å². The summed E-state index contributed by atoms with van der Waals surface area (Å²) in [5.41, 5.74) is 0.352. The van der Waals surface area contributed by atoms with Crippen molar-refractivity contribution in [1.82, 2.24) is 15.2 Å². The van der Waals surface area contributed by atoms with Crippen LogP contribution in [0.1, 0.15) is 29.8 Å². The van der Waals surface area contributed by atoms with Crippen molar-refractivity contribution >= 4 is 34.8 Å². The Labute approximate surface area is 125 Å². The fraction of sp³-hybridized carbons (Fsp3) is 0.250. The van der Waals surface area contributed by atoms with Crippen molar-refractivity contribution in [1.29, 1.82) is 0 Å². The quantitative estimate of drug-likeness (QED) is 0.756. The van der Waals surface area contributed by atoms with Crippen LogP contribution in [-0.4, -0.2) is 26.2 Å². The number of hydrogen-bond donors (Lipinski definition) is 3. The van der Waals surface area contributed by atoms with Gasteiger partial charge >= 0.3 is 0 Å². The van der Waals surface area contributed by atoms with Gasteiger partial charge in [-0.25, -0.2) is 4.98 Å². The predicted molar refractivity (Wildman–Crippen MR) is 76.5 cm³/mol. The number of carbonyl (C=O) groups is 1. The third-order valence-corrected chi connectivity index (χ3v) is 3.07. The van der Waals surface area contributed by atoms with Crippen LogP contribution in [0.4, 0.5) is 5.69 Å². The molecule has 0 radical (unpaired) electrons. The number of hydrogen-bond acceptors (Lipinski definition) is 4. The van der Waals surface area contributed by atoms with Gasteiger partial charge in [0.1, 0.15) is 5.82 Å². The van der Waals surface area contributed by atoms with E-state index in [1.54, 1.807) is 0 Å². The molecule has 1 aromatic carbocycles. The van der Waals surface area contributed by atoms with E-state index >= 15 is 0 Å². The fourth-order valence-electron chi connectivity index (χ4n) is 1.57. The number of anilines is 1. The zero-order valence-electron chi connectivity index (χ0n) is 10.6. The average Bonchev–Trinajstić information content (AvgIpc) is 2.85. The SMILES string of the molecule is CCCc1nc(C(=O)Nc2cc(Cl)c(O)c(Cl)c2)n[nH]1. The van der Waals surface area contributed by atoms with Gasteiger partial charge < -0.3 is 10.4 Å². The lowest BCUT2D eigenvalue weighted by Crippen LogP contribution is -2.13. The van der Waals surface area contributed by atoms with Gasteiger partial charge in [0.15, 0.2) is 5.75 Å². The van der Waals surface area contributed by atoms with E-state index in [1.165, 1.54) is 12.1 Å². The Morgan fingerprint density at radius 3 is 2.65 bits per heavy atom. The molecule has 2 aromatic rings. The fourth-order valence-corrected chi connectivity index (χ4v) is 2.06. The molecular formula is C12H12Cl2N4O2. The summed E-state index contributed by atoms with van der Waals surface area (Å²) in [5, 5.41) is 18.6. The first-order valence-corrected chi connectivity index (χ1v) is 6.67. The molecule has 1 heterocycles. The summed E-state index contributed by atoms with van der Waals surface area (Å²) >= 11 is 11.5. The molecule has 0 bridgehead atoms. The van der Waals surface area contributed by atoms with Crippen LogP contribution >= 0.6 is 23.2 Å². The van der Waals surface area contributed by atoms with Crippen LogP contribution in [0, 0.1) is 0 Å². The number of aromatic nitrogens is 3. The first-order chi connectivity index (χ1) is 9.51. The number of aromatic amines is 1. The molecule has 0 aliphatic rings. The minimum atomic E-state index is -0.485. The van der Waals surface area contributed by atoms with E-state index in [2.05, 4.69) is 20.5 Å². The van der Waals surface area contributed by atoms with Crippen LogP contribution in [0.25, 0.3) is 0 Å². The van der Waals surface area contributed by atoms with Gasteiger partial charge in [-0.1, -0.05) is 30.1 Å². The third kappa shape index (κ3) is 3.20. The maximum absolute atomic E-state index is 11.9. The summed E-state index contributed by atoms with van der Waals surface area (Å²) in [6.45, 7) is 2.00. The normalized spacial score (nSPS) is 10.6. The Kier molecular flexibility index (Phi) is 4.46. The number of halogens is 2. The van der Waals surface area contributed by atoms with Gasteiger partial charge in [0.25, 0.3) is 5.91 Å². The highest BCUT2D eigenvalue weighted by Gasteiger charge is 2.14. The number of benzene rings is 1. The Morgan fingerprint density at radius 2 is 2.05 bits per heavy atom. The summed E-state index contributed by atoms with van der Waals surface area (Å²) in [6.07, 6.45) is 1.62. The molecule has 8 heteroatoms. The highest BCUT2D eigenvalue weighted by Crippen LogP contribution is 2.34. The smallest absolute Gasteiger partial charge is 0.295 e. The van der Waals surface area contributed by atoms with E-state index < -0.39 is 5.91 Å². The maximum Gasteiger partial charge on any atom is 0.295 e. The molecule has 1 amide bonds. The Bertz CT molecular complexity index is 619. The molecule has 0 atom stereocenters. The van der Waals surface area contributed by atoms with Crippen LogP contribution in [0.3, 0.4) is 0 Å². The molecule has 0 aliphatic heterocycles. The first kappa shape index (κ1) is 14.6. The minimum absolute atomic E-state index is 0.0359. The molecule has 2 rings (SSSR count). The lowest BCUT2D eigenvalue weighted by atomic mass is 10.3. The van der Waals surface area contributed by atoms with Crippen LogP contribution < -0.4 is 5.32 Å². The number of H-pyrrole nitrogens is 1. The monoisotopic (exact) mass is 314 g/mol. The predicted octanol–water partition coefficient (Wildman–Crippen LogP) is 3.02. The topological polar surface area (TPSA) is 90.9 Å². The second-order valence-electron chi connectivity index (χ2n) is 4.10. The Hall–Kier alpha value is -1.79. The van der Waals surface area contributed by atoms with E-state index in [0.717, 1.165) is 12.8 Å². The molecule has 0 saturated carbocycles. The van der Waals surface area contributed by atoms with Crippen molar-refractivity contribution in [3.05, 3.63) is 33.8 Å². The molecule has 0 aliphatic carbocycles. The summed E-state index contributed by atoms with van der Waals surface area (Å²) in [7, 11) is 0. The van der Waals surface area contributed by atoms with Crippen molar-refractivity contribution in [2.24, 2.45) is 0 Å². The van der Waals surface area contributed by atoms with Crippen molar-refractivity contribution < 1.29 is 9.90 Å². The van der Waals surface area contributed by atoms with E-state index in [9.17, 15) is 9.90 Å². The maximum atomic E-state index is 11.9. The van der Waals surface area contributed by atoms with Gasteiger partial charge in [-0.2, -0.15) is 0 Å². The lowest BCUT2D eigenvalue weighted by Gasteiger charge is -2.06. The van der Waals surface area contributed by atoms with Crippen molar-refractivity contribution in [3.63, 3.8) is 0 Å². The van der Waals surface area contributed by atoms with Gasteiger partial charge in [0.05, 0.1) is 10.0 Å². The molecule has 106 valence electrons. The standard InChI is InChI=1S/C12H12Cl2N4O2/c1-2-3-9-16-11(18-17-9)12(20)15-6-4-7(13)10(19)8(14)5-6/h4-5,19H,2-3H2,1H3,(H,15,20)(H,16,17,18). The molecule has 0 saturated heterocycles. The molecule has 20 heavy (non-hydrogen) atoms. The highest BCUT2D eigenvalue weighted by molar-refractivity contribution is 6.37. The zero-order chi connectivity index (χ0) is 14.7. The number of amides is 1. The summed E-state index contributed by atoms with van der Waals surface area (Å²) in [5.74, 6) is -0.0240. The summed E-state index contributed by atoms with van der Waals surface area (Å²) in [4.78, 5) is 16.0. The Balaban J connectivity index is 2.14. The van der Waals surface area contributed by atoms with Crippen molar-refractivity contribution in [3.8, 4) is 5.75 Å². The van der Waals surface area contributed by atoms with Crippen LogP contribution in [-0.2, 0) is 6.42 Å². The molecular weight excluding hydrogens is 303 g/mol. The van der Waals surface area contributed by atoms with Crippen molar-refractivity contribution in [2.45, 2.75) is 19.8 Å². The third-order valence-electron chi connectivity index (χ3n) is 2.50. The van der Waals surface area contributed by atoms with Gasteiger partial charge in [-0.15, -0.1) is 5.10 Å². The Morgan fingerprint density at radius 1 is 1.40 bits per heavy atom. The van der Waals surface area contributed by atoms with E-state index in [-0.39, 0.29) is 21.6 Å². The van der Waals surface area contributed by atoms with Crippen molar-refractivity contribution in [2.75, 3.05) is 5.32 Å². The van der Waals surface area contributed by atoms with Gasteiger partial charge in [-0.05, 0) is 18.6 Å². The lowest BCUT2D eigenvalue weighted by molar-refractivity contribution is 0.101. The second kappa shape index (κ2) is 6.11. The van der Waals surface area contributed by atoms with Gasteiger partial charge in [0.2, 0.25) is 5.82 Å². The molecule has 3 N–H and O–H groups in total. The minimum Gasteiger partial charge on any atom is -0.505 e. The number of phenolic OH excluding ortho intramolecular Hbond substituents is 1. The van der Waals surface area contributed by atoms with Crippen LogP contribution in [0.5, 0.6) is 5.75 Å². The van der Waals surface area contributed by atoms with E-state index in [4.69, 9.17) is 23.2 Å². The molecule has 0 spiro atoms. The molecule has 6 nitrogen and oxygen atoms in total. The number of aromatic hydroxyl groups is 1. The van der Waals surface area contributed by atoms with E-state index in [1.807, 2.05) is 6.92 Å². The van der Waals surface area contributed by atoms with Gasteiger partial charge in [-0.3, -0.25) is 9.89 Å². The average molecular weight is 315 g/mol. The number of nitrogens with zero attached hydrogens (tertiary/aromatic N) is 2. The van der Waals surface area contributed by atoms with Crippen LogP contribution in [0.15, 0.2) is 12.1 Å². The second-order valence-corrected chi connectivity index (χ2v) is 4.91. The molecule has 1 aromatic heterocycles. The number of carbonyl (C=O) groups excluding carboxylic acids is 1. The summed E-state index contributed by atoms with van der Waals surface area (Å²) < 4.78 is 0. The number of phenols is 1.